The Hall–Kier alpha value is -4.24. The Bertz CT molecular complexity index is 1190. The Labute approximate surface area is 185 Å². The molecule has 0 bridgehead atoms. The quantitative estimate of drug-likeness (QED) is 0.415. The summed E-state index contributed by atoms with van der Waals surface area (Å²) in [4.78, 5) is 23.0. The molecule has 0 atom stereocenters. The molecule has 0 aliphatic heterocycles. The smallest absolute Gasteiger partial charge is 0.407 e. The largest absolute Gasteiger partial charge is 0.507 e. The molecule has 6 heteroatoms. The van der Waals surface area contributed by atoms with E-state index in [1.54, 1.807) is 0 Å². The molecule has 160 valence electrons. The number of phenols is 1. The first-order valence-corrected chi connectivity index (χ1v) is 10.2. The minimum atomic E-state index is -1.20. The Morgan fingerprint density at radius 1 is 0.969 bits per heavy atom. The van der Waals surface area contributed by atoms with Crippen molar-refractivity contribution in [2.45, 2.75) is 12.3 Å². The predicted molar refractivity (Wildman–Crippen MR) is 120 cm³/mol. The molecule has 3 aromatic carbocycles. The first-order valence-electron chi connectivity index (χ1n) is 10.2. The number of benzene rings is 3. The Morgan fingerprint density at radius 3 is 2.25 bits per heavy atom. The van der Waals surface area contributed by atoms with Crippen LogP contribution in [0.15, 0.2) is 66.7 Å². The van der Waals surface area contributed by atoms with Crippen LogP contribution >= 0.6 is 0 Å². The number of carboxylic acids is 1. The molecule has 32 heavy (non-hydrogen) atoms. The van der Waals surface area contributed by atoms with E-state index in [0.717, 1.165) is 11.1 Å². The van der Waals surface area contributed by atoms with Crippen molar-refractivity contribution < 1.29 is 24.5 Å². The minimum absolute atomic E-state index is 0.00870. The van der Waals surface area contributed by atoms with Gasteiger partial charge in [0.1, 0.15) is 17.9 Å². The third-order valence-electron chi connectivity index (χ3n) is 5.32. The summed E-state index contributed by atoms with van der Waals surface area (Å²) in [6.07, 6.45) is -0.122. The number of carbonyl (C=O) groups is 2. The Morgan fingerprint density at radius 2 is 1.62 bits per heavy atom. The summed E-state index contributed by atoms with van der Waals surface area (Å²) < 4.78 is 5.47. The second-order valence-electron chi connectivity index (χ2n) is 7.34. The zero-order valence-electron chi connectivity index (χ0n) is 17.2. The summed E-state index contributed by atoms with van der Waals surface area (Å²) in [6.45, 7) is 0.559. The molecule has 0 saturated heterocycles. The number of alkyl carbamates (subject to hydrolysis) is 1. The van der Waals surface area contributed by atoms with E-state index in [9.17, 15) is 14.7 Å². The van der Waals surface area contributed by atoms with Crippen LogP contribution in [0.2, 0.25) is 0 Å². The maximum atomic E-state index is 12.1. The van der Waals surface area contributed by atoms with E-state index in [4.69, 9.17) is 9.84 Å². The number of rotatable bonds is 5. The highest BCUT2D eigenvalue weighted by molar-refractivity contribution is 5.90. The molecule has 0 fully saturated rings. The number of carbonyl (C=O) groups excluding carboxylic acids is 1. The van der Waals surface area contributed by atoms with Gasteiger partial charge in [-0.1, -0.05) is 60.4 Å². The highest BCUT2D eigenvalue weighted by Crippen LogP contribution is 2.44. The number of ether oxygens (including phenoxy) is 1. The summed E-state index contributed by atoms with van der Waals surface area (Å²) in [6, 6.07) is 20.4. The van der Waals surface area contributed by atoms with Gasteiger partial charge in [0.25, 0.3) is 0 Å². The van der Waals surface area contributed by atoms with Gasteiger partial charge < -0.3 is 20.3 Å². The summed E-state index contributed by atoms with van der Waals surface area (Å²) in [5.74, 6) is 4.18. The molecule has 0 aromatic heterocycles. The lowest BCUT2D eigenvalue weighted by Gasteiger charge is -2.14. The van der Waals surface area contributed by atoms with Crippen molar-refractivity contribution in [3.8, 4) is 28.7 Å². The van der Waals surface area contributed by atoms with Crippen LogP contribution in [0.3, 0.4) is 0 Å². The fourth-order valence-electron chi connectivity index (χ4n) is 3.83. The molecule has 0 heterocycles. The molecule has 0 radical (unpaired) electrons. The Balaban J connectivity index is 1.28. The zero-order valence-corrected chi connectivity index (χ0v) is 17.2. The number of carboxylic acid groups (broad SMARTS) is 1. The lowest BCUT2D eigenvalue weighted by Crippen LogP contribution is -2.26. The van der Waals surface area contributed by atoms with Crippen LogP contribution < -0.4 is 5.32 Å². The van der Waals surface area contributed by atoms with Crippen molar-refractivity contribution in [1.82, 2.24) is 5.32 Å². The van der Waals surface area contributed by atoms with Gasteiger partial charge in [-0.05, 0) is 40.5 Å². The third kappa shape index (κ3) is 4.42. The SMILES string of the molecule is O=C(NCCC#Cc1ccc(C(=O)O)c(O)c1)OCC1c2ccccc2-c2ccccc21. The number of hydrogen-bond donors (Lipinski definition) is 3. The monoisotopic (exact) mass is 427 g/mol. The number of amides is 1. The zero-order chi connectivity index (χ0) is 22.5. The van der Waals surface area contributed by atoms with Gasteiger partial charge in [-0.25, -0.2) is 9.59 Å². The number of hydrogen-bond acceptors (Lipinski definition) is 4. The van der Waals surface area contributed by atoms with E-state index < -0.39 is 12.1 Å². The van der Waals surface area contributed by atoms with Gasteiger partial charge in [0.2, 0.25) is 0 Å². The number of fused-ring (bicyclic) bond motifs is 3. The minimum Gasteiger partial charge on any atom is -0.507 e. The van der Waals surface area contributed by atoms with Crippen LogP contribution in [0.4, 0.5) is 4.79 Å². The van der Waals surface area contributed by atoms with Gasteiger partial charge in [0.15, 0.2) is 0 Å². The van der Waals surface area contributed by atoms with Crippen molar-refractivity contribution >= 4 is 12.1 Å². The van der Waals surface area contributed by atoms with E-state index in [0.29, 0.717) is 18.5 Å². The van der Waals surface area contributed by atoms with Gasteiger partial charge in [0.05, 0.1) is 0 Å². The molecule has 0 unspecified atom stereocenters. The fraction of sp³-hybridized carbons (Fsp3) is 0.154. The van der Waals surface area contributed by atoms with Crippen molar-refractivity contribution in [2.24, 2.45) is 0 Å². The molecule has 3 aromatic rings. The average Bonchev–Trinajstić information content (AvgIpc) is 3.11. The second-order valence-corrected chi connectivity index (χ2v) is 7.34. The van der Waals surface area contributed by atoms with Gasteiger partial charge in [-0.15, -0.1) is 0 Å². The maximum absolute atomic E-state index is 12.1. The van der Waals surface area contributed by atoms with E-state index in [2.05, 4.69) is 41.4 Å². The molecule has 4 rings (SSSR count). The standard InChI is InChI=1S/C26H21NO5/c28-24-15-17(12-13-22(24)25(29)30)7-5-6-14-27-26(31)32-16-23-20-10-3-1-8-18(20)19-9-2-4-11-21(19)23/h1-4,8-13,15,23,28H,6,14,16H2,(H,27,31)(H,29,30). The molecule has 0 saturated carbocycles. The van der Waals surface area contributed by atoms with Gasteiger partial charge in [0, 0.05) is 24.4 Å². The van der Waals surface area contributed by atoms with Gasteiger partial charge >= 0.3 is 12.1 Å². The van der Waals surface area contributed by atoms with Crippen molar-refractivity contribution in [3.63, 3.8) is 0 Å². The van der Waals surface area contributed by atoms with Crippen LogP contribution in [0.1, 0.15) is 39.4 Å². The number of nitrogens with one attached hydrogen (secondary N) is 1. The molecule has 6 nitrogen and oxygen atoms in total. The van der Waals surface area contributed by atoms with E-state index >= 15 is 0 Å². The highest BCUT2D eigenvalue weighted by atomic mass is 16.5. The van der Waals surface area contributed by atoms with Gasteiger partial charge in [-0.3, -0.25) is 0 Å². The highest BCUT2D eigenvalue weighted by Gasteiger charge is 2.28. The molecule has 3 N–H and O–H groups in total. The predicted octanol–water partition coefficient (Wildman–Crippen LogP) is 4.37. The number of aromatic hydroxyl groups is 1. The molecular formula is C26H21NO5. The summed E-state index contributed by atoms with van der Waals surface area (Å²) in [5, 5.41) is 21.3. The summed E-state index contributed by atoms with van der Waals surface area (Å²) in [7, 11) is 0. The average molecular weight is 427 g/mol. The normalized spacial score (nSPS) is 11.6. The lowest BCUT2D eigenvalue weighted by molar-refractivity contribution is 0.0693. The van der Waals surface area contributed by atoms with Crippen LogP contribution in [-0.4, -0.2) is 35.4 Å². The van der Waals surface area contributed by atoms with Crippen LogP contribution in [-0.2, 0) is 4.74 Å². The lowest BCUT2D eigenvalue weighted by atomic mass is 9.98. The summed E-state index contributed by atoms with van der Waals surface area (Å²) >= 11 is 0. The van der Waals surface area contributed by atoms with Crippen LogP contribution in [0, 0.1) is 11.8 Å². The molecule has 1 aliphatic carbocycles. The van der Waals surface area contributed by atoms with Crippen LogP contribution in [0.5, 0.6) is 5.75 Å². The van der Waals surface area contributed by atoms with Gasteiger partial charge in [-0.2, -0.15) is 0 Å². The number of aromatic carboxylic acids is 1. The second kappa shape index (κ2) is 9.27. The fourth-order valence-corrected chi connectivity index (χ4v) is 3.83. The topological polar surface area (TPSA) is 95.9 Å². The molecule has 1 aliphatic rings. The maximum Gasteiger partial charge on any atom is 0.407 e. The van der Waals surface area contributed by atoms with Crippen molar-refractivity contribution in [2.75, 3.05) is 13.2 Å². The summed E-state index contributed by atoms with van der Waals surface area (Å²) in [5.41, 5.74) is 4.99. The Kier molecular flexibility index (Phi) is 6.09. The van der Waals surface area contributed by atoms with E-state index in [-0.39, 0.29) is 23.8 Å². The molecule has 1 amide bonds. The first kappa shape index (κ1) is 21.0. The first-order chi connectivity index (χ1) is 15.5. The molecular weight excluding hydrogens is 406 g/mol. The van der Waals surface area contributed by atoms with E-state index in [1.165, 1.54) is 29.3 Å². The van der Waals surface area contributed by atoms with Crippen molar-refractivity contribution in [1.29, 1.82) is 0 Å². The van der Waals surface area contributed by atoms with Crippen LogP contribution in [0.25, 0.3) is 11.1 Å². The third-order valence-corrected chi connectivity index (χ3v) is 5.32. The van der Waals surface area contributed by atoms with E-state index in [1.807, 2.05) is 24.3 Å². The van der Waals surface area contributed by atoms with Crippen molar-refractivity contribution in [3.05, 3.63) is 89.0 Å². The molecule has 0 spiro atoms.